The first-order valence-electron chi connectivity index (χ1n) is 12.9. The molecule has 0 spiro atoms. The quantitative estimate of drug-likeness (QED) is 0.231. The van der Waals surface area contributed by atoms with Crippen LogP contribution in [0.4, 0.5) is 0 Å². The number of hydrogen-bond acceptors (Lipinski definition) is 10. The summed E-state index contributed by atoms with van der Waals surface area (Å²) in [6, 6.07) is 0. The molecule has 10 nitrogen and oxygen atoms in total. The number of carbonyl (C=O) groups is 5. The molecule has 0 aromatic heterocycles. The molecule has 2 N–H and O–H groups in total. The van der Waals surface area contributed by atoms with Gasteiger partial charge < -0.3 is 24.4 Å². The smallest absolute Gasteiger partial charge is 0.358 e. The van der Waals surface area contributed by atoms with Gasteiger partial charge in [0.1, 0.15) is 11.9 Å². The molecule has 4 rings (SSSR count). The molecule has 10 atom stereocenters. The van der Waals surface area contributed by atoms with Crippen LogP contribution in [-0.2, 0) is 38.2 Å². The zero-order valence-electron chi connectivity index (χ0n) is 23.2. The highest BCUT2D eigenvalue weighted by Gasteiger charge is 2.79. The van der Waals surface area contributed by atoms with E-state index in [0.29, 0.717) is 5.57 Å². The van der Waals surface area contributed by atoms with E-state index >= 15 is 0 Å². The minimum Gasteiger partial charge on any atom is -0.466 e. The van der Waals surface area contributed by atoms with Crippen molar-refractivity contribution in [2.45, 2.75) is 85.2 Å². The van der Waals surface area contributed by atoms with Crippen LogP contribution in [0.25, 0.3) is 0 Å². The topological polar surface area (TPSA) is 154 Å². The number of rotatable bonds is 2. The lowest BCUT2D eigenvalue weighted by atomic mass is 9.33. The van der Waals surface area contributed by atoms with Crippen LogP contribution in [0.5, 0.6) is 0 Å². The maximum absolute atomic E-state index is 14.1. The maximum Gasteiger partial charge on any atom is 0.358 e. The van der Waals surface area contributed by atoms with Crippen LogP contribution in [0, 0.1) is 39.4 Å². The fraction of sp³-hybridized carbons (Fsp3) is 0.750. The molecule has 0 radical (unpaired) electrons. The van der Waals surface area contributed by atoms with Crippen molar-refractivity contribution < 1.29 is 48.4 Å². The van der Waals surface area contributed by atoms with Gasteiger partial charge in [-0.3, -0.25) is 19.2 Å². The summed E-state index contributed by atoms with van der Waals surface area (Å²) in [6.45, 7) is 14.9. The van der Waals surface area contributed by atoms with Gasteiger partial charge in [-0.15, -0.1) is 0 Å². The second-order valence-corrected chi connectivity index (χ2v) is 12.9. The van der Waals surface area contributed by atoms with Crippen LogP contribution < -0.4 is 0 Å². The number of Topliss-reactive ketones (excluding diaryl/α,β-unsaturated/α-hetero) is 2. The summed E-state index contributed by atoms with van der Waals surface area (Å²) in [5.41, 5.74) is -7.20. The Labute approximate surface area is 222 Å². The minimum atomic E-state index is -2.22. The van der Waals surface area contributed by atoms with Crippen molar-refractivity contribution in [1.29, 1.82) is 0 Å². The van der Waals surface area contributed by atoms with Gasteiger partial charge in [-0.25, -0.2) is 4.79 Å². The van der Waals surface area contributed by atoms with Gasteiger partial charge in [-0.05, 0) is 26.2 Å². The predicted molar refractivity (Wildman–Crippen MR) is 131 cm³/mol. The van der Waals surface area contributed by atoms with Gasteiger partial charge in [-0.1, -0.05) is 39.8 Å². The number of allylic oxidation sites excluding steroid dienone is 1. The number of aliphatic hydroxyl groups excluding tert-OH is 2. The molecular weight excluding hydrogens is 496 g/mol. The van der Waals surface area contributed by atoms with Crippen LogP contribution in [0.2, 0.25) is 0 Å². The van der Waals surface area contributed by atoms with Crippen LogP contribution in [0.1, 0.15) is 61.3 Å². The van der Waals surface area contributed by atoms with E-state index in [0.717, 1.165) is 7.11 Å². The standard InChI is InChI=1S/C28H38O10/c1-12-10-14-26(6)16(31)11-15(30)24(3,4)18(26)17(32)20(37-13(2)29)27(14,7)19-21(33)38-28(8,23(35)36-9)22(34)25(12,19)5/h14,16-20,31-32H,1,10-11H2,2-9H3/t14-,16+,17-,18+,19+,20-,25+,26+,27-,28-/m0/s1. The molecule has 3 aliphatic carbocycles. The molecule has 3 saturated carbocycles. The van der Waals surface area contributed by atoms with Gasteiger partial charge in [0.05, 0.1) is 30.7 Å². The van der Waals surface area contributed by atoms with Gasteiger partial charge in [-0.2, -0.15) is 0 Å². The second-order valence-electron chi connectivity index (χ2n) is 12.9. The van der Waals surface area contributed by atoms with E-state index in [1.165, 1.54) is 20.8 Å². The number of esters is 3. The largest absolute Gasteiger partial charge is 0.466 e. The molecule has 4 aliphatic rings. The number of ether oxygens (including phenoxy) is 3. The third-order valence-electron chi connectivity index (χ3n) is 10.7. The molecule has 38 heavy (non-hydrogen) atoms. The van der Waals surface area contributed by atoms with Gasteiger partial charge >= 0.3 is 17.9 Å². The highest BCUT2D eigenvalue weighted by molar-refractivity contribution is 6.15. The number of hydrogen-bond donors (Lipinski definition) is 2. The minimum absolute atomic E-state index is 0.110. The highest BCUT2D eigenvalue weighted by atomic mass is 16.6. The van der Waals surface area contributed by atoms with Gasteiger partial charge in [0.2, 0.25) is 0 Å². The van der Waals surface area contributed by atoms with E-state index in [2.05, 4.69) is 6.58 Å². The monoisotopic (exact) mass is 534 g/mol. The third kappa shape index (κ3) is 3.10. The Hall–Kier alpha value is -2.59. The molecular formula is C28H38O10. The second kappa shape index (κ2) is 8.21. The van der Waals surface area contributed by atoms with Crippen molar-refractivity contribution in [3.8, 4) is 0 Å². The van der Waals surface area contributed by atoms with Crippen LogP contribution >= 0.6 is 0 Å². The summed E-state index contributed by atoms with van der Waals surface area (Å²) in [4.78, 5) is 66.1. The average molecular weight is 535 g/mol. The van der Waals surface area contributed by atoms with Crippen molar-refractivity contribution >= 4 is 29.5 Å². The average Bonchev–Trinajstić information content (AvgIpc) is 2.80. The maximum atomic E-state index is 14.1. The summed E-state index contributed by atoms with van der Waals surface area (Å²) in [6.07, 6.45) is -4.03. The van der Waals surface area contributed by atoms with Crippen molar-refractivity contribution in [2.24, 2.45) is 39.4 Å². The Balaban J connectivity index is 2.01. The Morgan fingerprint density at radius 3 is 2.11 bits per heavy atom. The fourth-order valence-corrected chi connectivity index (χ4v) is 8.85. The Kier molecular flexibility index (Phi) is 6.14. The molecule has 1 saturated heterocycles. The zero-order valence-corrected chi connectivity index (χ0v) is 23.2. The number of fused-ring (bicyclic) bond motifs is 5. The van der Waals surface area contributed by atoms with E-state index in [4.69, 9.17) is 14.2 Å². The summed E-state index contributed by atoms with van der Waals surface area (Å²) < 4.78 is 16.1. The van der Waals surface area contributed by atoms with E-state index in [1.807, 2.05) is 0 Å². The molecule has 0 amide bonds. The normalized spacial score (nSPS) is 47.7. The molecule has 4 fully saturated rings. The lowest BCUT2D eigenvalue weighted by molar-refractivity contribution is -0.293. The zero-order chi connectivity index (χ0) is 29.0. The van der Waals surface area contributed by atoms with Crippen LogP contribution in [0.3, 0.4) is 0 Å². The van der Waals surface area contributed by atoms with Crippen molar-refractivity contribution in [2.75, 3.05) is 7.11 Å². The van der Waals surface area contributed by atoms with Gasteiger partial charge in [0.15, 0.2) is 5.78 Å². The Morgan fingerprint density at radius 2 is 1.58 bits per heavy atom. The first-order valence-corrected chi connectivity index (χ1v) is 12.9. The highest BCUT2D eigenvalue weighted by Crippen LogP contribution is 2.72. The molecule has 1 aliphatic heterocycles. The summed E-state index contributed by atoms with van der Waals surface area (Å²) in [5.74, 6) is -6.46. The summed E-state index contributed by atoms with van der Waals surface area (Å²) >= 11 is 0. The van der Waals surface area contributed by atoms with E-state index < -0.39 is 87.0 Å². The number of ketones is 2. The molecule has 210 valence electrons. The van der Waals surface area contributed by atoms with Crippen molar-refractivity contribution in [3.05, 3.63) is 12.2 Å². The lowest BCUT2D eigenvalue weighted by Gasteiger charge is -2.71. The lowest BCUT2D eigenvalue weighted by Crippen LogP contribution is -2.78. The summed E-state index contributed by atoms with van der Waals surface area (Å²) in [7, 11) is 1.08. The van der Waals surface area contributed by atoms with Crippen LogP contribution in [-0.4, -0.2) is 70.7 Å². The van der Waals surface area contributed by atoms with E-state index in [-0.39, 0.29) is 18.6 Å². The Bertz CT molecular complexity index is 1160. The summed E-state index contributed by atoms with van der Waals surface area (Å²) in [5, 5.41) is 23.3. The first kappa shape index (κ1) is 28.4. The molecule has 1 heterocycles. The fourth-order valence-electron chi connectivity index (χ4n) is 8.85. The number of carbonyl (C=O) groups excluding carboxylic acids is 5. The van der Waals surface area contributed by atoms with E-state index in [1.54, 1.807) is 27.7 Å². The van der Waals surface area contributed by atoms with Crippen molar-refractivity contribution in [1.82, 2.24) is 0 Å². The van der Waals surface area contributed by atoms with Gasteiger partial charge in [0.25, 0.3) is 5.60 Å². The number of methoxy groups -OCH3 is 1. The SMILES string of the molecule is C=C1C[C@@H]2[C@@](C)([C@@H]3C(=O)O[C@](C)(C(=O)OC)C(=O)[C@]13C)[C@@H](OC(C)=O)[C@@H](O)[C@@H]1C(C)(C)C(=O)C[C@@H](O)[C@@]21C. The molecule has 0 aromatic rings. The van der Waals surface area contributed by atoms with Crippen molar-refractivity contribution in [3.63, 3.8) is 0 Å². The molecule has 10 heteroatoms. The predicted octanol–water partition coefficient (Wildman–Crippen LogP) is 1.54. The third-order valence-corrected chi connectivity index (χ3v) is 10.7. The number of aliphatic hydroxyl groups is 2. The van der Waals surface area contributed by atoms with Gasteiger partial charge in [0, 0.05) is 35.5 Å². The Morgan fingerprint density at radius 1 is 1.00 bits per heavy atom. The molecule has 0 bridgehead atoms. The van der Waals surface area contributed by atoms with E-state index in [9.17, 15) is 34.2 Å². The molecule has 0 unspecified atom stereocenters. The molecule has 0 aromatic carbocycles. The number of cyclic esters (lactones) is 1. The van der Waals surface area contributed by atoms with Crippen LogP contribution in [0.15, 0.2) is 12.2 Å². The first-order chi connectivity index (χ1) is 17.3.